The SMILES string of the molecule is O=C(C1CCC1)N1CCC[C@@H]1c1ccccn1. The van der Waals surface area contributed by atoms with Crippen molar-refractivity contribution in [1.82, 2.24) is 9.88 Å². The average Bonchev–Trinajstić information content (AvgIpc) is 2.76. The molecule has 0 N–H and O–H groups in total. The van der Waals surface area contributed by atoms with E-state index < -0.39 is 0 Å². The molecule has 0 spiro atoms. The minimum absolute atomic E-state index is 0.226. The third-order valence-corrected chi connectivity index (χ3v) is 4.02. The van der Waals surface area contributed by atoms with Crippen LogP contribution in [0.1, 0.15) is 43.8 Å². The highest BCUT2D eigenvalue weighted by Crippen LogP contribution is 2.36. The maximum absolute atomic E-state index is 12.3. The lowest BCUT2D eigenvalue weighted by molar-refractivity contribution is -0.139. The highest BCUT2D eigenvalue weighted by Gasteiger charge is 2.36. The minimum Gasteiger partial charge on any atom is -0.334 e. The summed E-state index contributed by atoms with van der Waals surface area (Å²) in [5.41, 5.74) is 1.05. The molecule has 1 amide bonds. The van der Waals surface area contributed by atoms with E-state index in [-0.39, 0.29) is 6.04 Å². The lowest BCUT2D eigenvalue weighted by atomic mass is 9.84. The summed E-state index contributed by atoms with van der Waals surface area (Å²) in [6.07, 6.45) is 7.39. The van der Waals surface area contributed by atoms with E-state index in [0.717, 1.165) is 37.9 Å². The number of hydrogen-bond donors (Lipinski definition) is 0. The van der Waals surface area contributed by atoms with E-state index in [0.29, 0.717) is 11.8 Å². The van der Waals surface area contributed by atoms with Gasteiger partial charge in [-0.3, -0.25) is 9.78 Å². The lowest BCUT2D eigenvalue weighted by Crippen LogP contribution is -2.38. The third kappa shape index (κ3) is 1.94. The number of nitrogens with zero attached hydrogens (tertiary/aromatic N) is 2. The molecule has 3 nitrogen and oxygen atoms in total. The molecule has 1 saturated heterocycles. The van der Waals surface area contributed by atoms with Crippen LogP contribution in [0, 0.1) is 5.92 Å². The van der Waals surface area contributed by atoms with Gasteiger partial charge in [-0.25, -0.2) is 0 Å². The van der Waals surface area contributed by atoms with Gasteiger partial charge in [-0.15, -0.1) is 0 Å². The number of carbonyl (C=O) groups is 1. The molecule has 3 rings (SSSR count). The van der Waals surface area contributed by atoms with Crippen LogP contribution in [0.15, 0.2) is 24.4 Å². The first-order valence-electron chi connectivity index (χ1n) is 6.57. The molecule has 1 saturated carbocycles. The fourth-order valence-electron chi connectivity index (χ4n) is 2.80. The molecule has 0 aromatic carbocycles. The number of pyridine rings is 1. The van der Waals surface area contributed by atoms with E-state index in [1.54, 1.807) is 0 Å². The summed E-state index contributed by atoms with van der Waals surface area (Å²) in [6, 6.07) is 6.20. The van der Waals surface area contributed by atoms with Crippen molar-refractivity contribution in [2.75, 3.05) is 6.54 Å². The van der Waals surface area contributed by atoms with E-state index in [1.807, 2.05) is 24.4 Å². The van der Waals surface area contributed by atoms with Crippen molar-refractivity contribution in [1.29, 1.82) is 0 Å². The Labute approximate surface area is 102 Å². The van der Waals surface area contributed by atoms with Crippen LogP contribution in [0.4, 0.5) is 0 Å². The predicted octanol–water partition coefficient (Wildman–Crippen LogP) is 2.55. The molecule has 0 radical (unpaired) electrons. The largest absolute Gasteiger partial charge is 0.334 e. The smallest absolute Gasteiger partial charge is 0.226 e. The Morgan fingerprint density at radius 1 is 1.24 bits per heavy atom. The van der Waals surface area contributed by atoms with Gasteiger partial charge >= 0.3 is 0 Å². The van der Waals surface area contributed by atoms with Crippen LogP contribution in [0.5, 0.6) is 0 Å². The van der Waals surface area contributed by atoms with Gasteiger partial charge in [0.15, 0.2) is 0 Å². The monoisotopic (exact) mass is 230 g/mol. The Kier molecular flexibility index (Phi) is 2.83. The fourth-order valence-corrected chi connectivity index (χ4v) is 2.80. The maximum Gasteiger partial charge on any atom is 0.226 e. The van der Waals surface area contributed by atoms with Crippen molar-refractivity contribution in [3.8, 4) is 0 Å². The van der Waals surface area contributed by atoms with Crippen molar-refractivity contribution in [2.24, 2.45) is 5.92 Å². The van der Waals surface area contributed by atoms with Crippen molar-refractivity contribution < 1.29 is 4.79 Å². The first-order valence-corrected chi connectivity index (χ1v) is 6.57. The Balaban J connectivity index is 1.77. The first kappa shape index (κ1) is 10.8. The Morgan fingerprint density at radius 2 is 2.12 bits per heavy atom. The van der Waals surface area contributed by atoms with Gasteiger partial charge in [-0.05, 0) is 37.8 Å². The predicted molar refractivity (Wildman–Crippen MR) is 65.3 cm³/mol. The summed E-state index contributed by atoms with van der Waals surface area (Å²) >= 11 is 0. The van der Waals surface area contributed by atoms with Crippen LogP contribution in [0.2, 0.25) is 0 Å². The van der Waals surface area contributed by atoms with E-state index in [4.69, 9.17) is 0 Å². The number of carbonyl (C=O) groups excluding carboxylic acids is 1. The molecule has 2 fully saturated rings. The molecule has 2 heterocycles. The van der Waals surface area contributed by atoms with Gasteiger partial charge in [-0.2, -0.15) is 0 Å². The number of aromatic nitrogens is 1. The van der Waals surface area contributed by atoms with Crippen molar-refractivity contribution in [3.63, 3.8) is 0 Å². The van der Waals surface area contributed by atoms with E-state index in [1.165, 1.54) is 6.42 Å². The van der Waals surface area contributed by atoms with Gasteiger partial charge in [0, 0.05) is 18.7 Å². The van der Waals surface area contributed by atoms with Gasteiger partial charge in [0.1, 0.15) is 0 Å². The Bertz CT molecular complexity index is 400. The molecular formula is C14H18N2O. The number of hydrogen-bond acceptors (Lipinski definition) is 2. The molecule has 17 heavy (non-hydrogen) atoms. The molecule has 1 aliphatic carbocycles. The highest BCUT2D eigenvalue weighted by molar-refractivity contribution is 5.80. The third-order valence-electron chi connectivity index (χ3n) is 4.02. The standard InChI is InChI=1S/C14H18N2O/c17-14(11-5-3-6-11)16-10-4-8-13(16)12-7-1-2-9-15-12/h1-2,7,9,11,13H,3-6,8,10H2/t13-/m1/s1. The van der Waals surface area contributed by atoms with Crippen molar-refractivity contribution in [2.45, 2.75) is 38.1 Å². The normalized spacial score (nSPS) is 24.7. The zero-order chi connectivity index (χ0) is 11.7. The zero-order valence-corrected chi connectivity index (χ0v) is 10.0. The molecular weight excluding hydrogens is 212 g/mol. The summed E-state index contributed by atoms with van der Waals surface area (Å²) in [5, 5.41) is 0. The van der Waals surface area contributed by atoms with Crippen LogP contribution in [-0.2, 0) is 4.79 Å². The fraction of sp³-hybridized carbons (Fsp3) is 0.571. The van der Waals surface area contributed by atoms with Gasteiger partial charge < -0.3 is 4.90 Å². The molecule has 0 bridgehead atoms. The zero-order valence-electron chi connectivity index (χ0n) is 10.0. The molecule has 1 aliphatic heterocycles. The Morgan fingerprint density at radius 3 is 2.76 bits per heavy atom. The molecule has 1 atom stereocenters. The second-order valence-electron chi connectivity index (χ2n) is 5.07. The molecule has 1 aromatic rings. The van der Waals surface area contributed by atoms with Crippen LogP contribution >= 0.6 is 0 Å². The first-order chi connectivity index (χ1) is 8.36. The highest BCUT2D eigenvalue weighted by atomic mass is 16.2. The van der Waals surface area contributed by atoms with Crippen LogP contribution in [0.25, 0.3) is 0 Å². The van der Waals surface area contributed by atoms with Gasteiger partial charge in [0.05, 0.1) is 11.7 Å². The average molecular weight is 230 g/mol. The lowest BCUT2D eigenvalue weighted by Gasteiger charge is -2.32. The topological polar surface area (TPSA) is 33.2 Å². The van der Waals surface area contributed by atoms with E-state index in [2.05, 4.69) is 9.88 Å². The number of rotatable bonds is 2. The van der Waals surface area contributed by atoms with Gasteiger partial charge in [0.2, 0.25) is 5.91 Å². The molecule has 1 aromatic heterocycles. The summed E-state index contributed by atoms with van der Waals surface area (Å²) in [5.74, 6) is 0.670. The number of likely N-dealkylation sites (tertiary alicyclic amines) is 1. The Hall–Kier alpha value is -1.38. The van der Waals surface area contributed by atoms with Crippen molar-refractivity contribution >= 4 is 5.91 Å². The summed E-state index contributed by atoms with van der Waals surface area (Å²) in [6.45, 7) is 0.913. The maximum atomic E-state index is 12.3. The summed E-state index contributed by atoms with van der Waals surface area (Å²) < 4.78 is 0. The number of amides is 1. The van der Waals surface area contributed by atoms with E-state index >= 15 is 0 Å². The van der Waals surface area contributed by atoms with Gasteiger partial charge in [-0.1, -0.05) is 12.5 Å². The second kappa shape index (κ2) is 4.47. The van der Waals surface area contributed by atoms with Crippen LogP contribution in [0.3, 0.4) is 0 Å². The molecule has 0 unspecified atom stereocenters. The minimum atomic E-state index is 0.226. The van der Waals surface area contributed by atoms with Crippen LogP contribution < -0.4 is 0 Å². The molecule has 3 heteroatoms. The summed E-state index contributed by atoms with van der Waals surface area (Å²) in [7, 11) is 0. The second-order valence-corrected chi connectivity index (χ2v) is 5.07. The molecule has 2 aliphatic rings. The summed E-state index contributed by atoms with van der Waals surface area (Å²) in [4.78, 5) is 18.8. The quantitative estimate of drug-likeness (QED) is 0.782. The van der Waals surface area contributed by atoms with Crippen LogP contribution in [-0.4, -0.2) is 22.3 Å². The van der Waals surface area contributed by atoms with Gasteiger partial charge in [0.25, 0.3) is 0 Å². The van der Waals surface area contributed by atoms with Crippen molar-refractivity contribution in [3.05, 3.63) is 30.1 Å². The molecule has 90 valence electrons. The van der Waals surface area contributed by atoms with E-state index in [9.17, 15) is 4.79 Å².